The molecular weight excluding hydrogens is 480 g/mol. The predicted octanol–water partition coefficient (Wildman–Crippen LogP) is 4.00. The number of benzene rings is 1. The highest BCUT2D eigenvalue weighted by Gasteiger charge is 2.38. The van der Waals surface area contributed by atoms with Gasteiger partial charge in [0.2, 0.25) is 5.88 Å². The number of methoxy groups -OCH3 is 2. The van der Waals surface area contributed by atoms with Crippen LogP contribution in [0.15, 0.2) is 52.1 Å². The number of nitrogens with two attached hydrogens (primary N) is 1. The second-order valence-corrected chi connectivity index (χ2v) is 8.72. The van der Waals surface area contributed by atoms with E-state index in [2.05, 4.69) is 17.1 Å². The second kappa shape index (κ2) is 11.5. The molecule has 0 bridgehead atoms. The number of rotatable bonds is 8. The van der Waals surface area contributed by atoms with Crippen molar-refractivity contribution >= 4 is 17.7 Å². The number of esters is 1. The van der Waals surface area contributed by atoms with Gasteiger partial charge in [0.1, 0.15) is 28.5 Å². The van der Waals surface area contributed by atoms with Crippen molar-refractivity contribution in [3.05, 3.63) is 69.4 Å². The van der Waals surface area contributed by atoms with Gasteiger partial charge in [0, 0.05) is 5.69 Å². The summed E-state index contributed by atoms with van der Waals surface area (Å²) in [6.07, 6.45) is 0. The lowest BCUT2D eigenvalue weighted by molar-refractivity contribution is -0.139. The van der Waals surface area contributed by atoms with E-state index in [1.54, 1.807) is 25.1 Å². The third-order valence-corrected chi connectivity index (χ3v) is 6.47. The van der Waals surface area contributed by atoms with Crippen molar-refractivity contribution in [2.75, 3.05) is 26.6 Å². The molecule has 0 fully saturated rings. The van der Waals surface area contributed by atoms with E-state index in [1.807, 2.05) is 19.9 Å². The molecule has 186 valence electrons. The Morgan fingerprint density at radius 2 is 1.89 bits per heavy atom. The third-order valence-electron chi connectivity index (χ3n) is 5.50. The van der Waals surface area contributed by atoms with Crippen LogP contribution in [0.5, 0.6) is 11.5 Å². The monoisotopic (exact) mass is 506 g/mol. The van der Waals surface area contributed by atoms with Crippen molar-refractivity contribution in [2.45, 2.75) is 31.7 Å². The van der Waals surface area contributed by atoms with Crippen molar-refractivity contribution in [2.24, 2.45) is 5.73 Å². The number of pyridine rings is 1. The summed E-state index contributed by atoms with van der Waals surface area (Å²) >= 11 is 1.24. The quantitative estimate of drug-likeness (QED) is 0.412. The van der Waals surface area contributed by atoms with Crippen LogP contribution >= 0.6 is 11.8 Å². The lowest BCUT2D eigenvalue weighted by atomic mass is 9.83. The normalized spacial score (nSPS) is 15.0. The van der Waals surface area contributed by atoms with E-state index in [1.165, 1.54) is 26.0 Å². The molecule has 0 amide bonds. The molecule has 0 unspecified atom stereocenters. The molecule has 1 aliphatic rings. The Labute approximate surface area is 214 Å². The molecule has 3 rings (SSSR count). The Kier molecular flexibility index (Phi) is 8.46. The van der Waals surface area contributed by atoms with Gasteiger partial charge >= 0.3 is 5.97 Å². The lowest BCUT2D eigenvalue weighted by Crippen LogP contribution is -2.27. The average Bonchev–Trinajstić information content (AvgIpc) is 2.86. The third kappa shape index (κ3) is 5.24. The summed E-state index contributed by atoms with van der Waals surface area (Å²) in [5, 5.41) is 20.1. The van der Waals surface area contributed by atoms with E-state index in [0.717, 1.165) is 11.3 Å². The Bertz CT molecular complexity index is 1340. The number of nitriles is 2. The van der Waals surface area contributed by atoms with Gasteiger partial charge in [-0.25, -0.2) is 9.78 Å². The molecule has 0 aliphatic carbocycles. The zero-order valence-corrected chi connectivity index (χ0v) is 21.5. The van der Waals surface area contributed by atoms with Gasteiger partial charge in [-0.2, -0.15) is 10.5 Å². The molecule has 9 nitrogen and oxygen atoms in total. The molecule has 1 aromatic carbocycles. The Hall–Kier alpha value is -4.15. The summed E-state index contributed by atoms with van der Waals surface area (Å²) in [5.41, 5.74) is 8.94. The van der Waals surface area contributed by atoms with E-state index < -0.39 is 11.9 Å². The van der Waals surface area contributed by atoms with Crippen molar-refractivity contribution in [1.29, 1.82) is 10.5 Å². The van der Waals surface area contributed by atoms with Gasteiger partial charge < -0.3 is 24.7 Å². The van der Waals surface area contributed by atoms with E-state index >= 15 is 0 Å². The van der Waals surface area contributed by atoms with Gasteiger partial charge in [0.05, 0.1) is 43.6 Å². The first kappa shape index (κ1) is 26.5. The molecule has 1 atom stereocenters. The van der Waals surface area contributed by atoms with E-state index in [0.29, 0.717) is 27.7 Å². The average molecular weight is 507 g/mol. The van der Waals surface area contributed by atoms with Gasteiger partial charge in [-0.15, -0.1) is 0 Å². The van der Waals surface area contributed by atoms with E-state index in [-0.39, 0.29) is 35.1 Å². The van der Waals surface area contributed by atoms with Crippen LogP contribution in [0.1, 0.15) is 35.2 Å². The van der Waals surface area contributed by atoms with E-state index in [9.17, 15) is 15.3 Å². The number of allylic oxidation sites excluding steroid dienone is 1. The number of aromatic nitrogens is 1. The number of hydrogen-bond acceptors (Lipinski definition) is 10. The van der Waals surface area contributed by atoms with Crippen LogP contribution in [0.4, 0.5) is 0 Å². The van der Waals surface area contributed by atoms with Crippen molar-refractivity contribution in [3.63, 3.8) is 0 Å². The lowest BCUT2D eigenvalue weighted by Gasteiger charge is -2.28. The highest BCUT2D eigenvalue weighted by Crippen LogP contribution is 2.43. The number of ether oxygens (including phenoxy) is 4. The number of carbonyl (C=O) groups is 1. The molecule has 0 spiro atoms. The van der Waals surface area contributed by atoms with E-state index in [4.69, 9.17) is 24.7 Å². The van der Waals surface area contributed by atoms with Crippen LogP contribution < -0.4 is 15.2 Å². The van der Waals surface area contributed by atoms with Gasteiger partial charge in [0.25, 0.3) is 0 Å². The van der Waals surface area contributed by atoms with Crippen molar-refractivity contribution in [3.8, 4) is 23.6 Å². The van der Waals surface area contributed by atoms with Gasteiger partial charge in [0.15, 0.2) is 11.5 Å². The summed E-state index contributed by atoms with van der Waals surface area (Å²) in [4.78, 5) is 17.7. The summed E-state index contributed by atoms with van der Waals surface area (Å²) in [6.45, 7) is 5.49. The fourth-order valence-corrected chi connectivity index (χ4v) is 4.94. The van der Waals surface area contributed by atoms with Gasteiger partial charge in [-0.1, -0.05) is 17.8 Å². The molecule has 0 saturated carbocycles. The highest BCUT2D eigenvalue weighted by molar-refractivity contribution is 7.99. The number of carbonyl (C=O) groups excluding carboxylic acids is 1. The topological polar surface area (TPSA) is 140 Å². The second-order valence-electron chi connectivity index (χ2n) is 7.76. The molecular formula is C26H26N4O5S. The number of nitrogens with zero attached hydrogens (tertiary/aromatic N) is 3. The first-order valence-electron chi connectivity index (χ1n) is 11.0. The highest BCUT2D eigenvalue weighted by atomic mass is 32.2. The molecule has 0 radical (unpaired) electrons. The number of aryl methyl sites for hydroxylation is 2. The minimum absolute atomic E-state index is 0.0706. The Morgan fingerprint density at radius 1 is 1.17 bits per heavy atom. The molecule has 10 heteroatoms. The van der Waals surface area contributed by atoms with Crippen LogP contribution in [0.25, 0.3) is 0 Å². The molecule has 2 heterocycles. The van der Waals surface area contributed by atoms with Gasteiger partial charge in [-0.05, 0) is 50.1 Å². The largest absolute Gasteiger partial charge is 0.493 e. The fourth-order valence-electron chi connectivity index (χ4n) is 3.90. The minimum Gasteiger partial charge on any atom is -0.493 e. The zero-order chi connectivity index (χ0) is 26.4. The number of thioether (sulfide) groups is 1. The maximum absolute atomic E-state index is 13.2. The summed E-state index contributed by atoms with van der Waals surface area (Å²) in [7, 11) is 3.01. The molecule has 2 N–H and O–H groups in total. The first-order chi connectivity index (χ1) is 17.3. The predicted molar refractivity (Wildman–Crippen MR) is 133 cm³/mol. The molecule has 2 aromatic rings. The standard InChI is InChI=1S/C26H26N4O5S/c1-6-34-26(31)23-21(13-36-25-17(11-27)14(2)9-15(3)30-25)35-24(29)18(12-28)22(23)16-7-8-19(32-4)20(10-16)33-5/h7-10,22H,6,13,29H2,1-5H3/t22-/m0/s1. The molecule has 0 saturated heterocycles. The van der Waals surface area contributed by atoms with Crippen LogP contribution in [0, 0.1) is 36.5 Å². The molecule has 1 aromatic heterocycles. The van der Waals surface area contributed by atoms with Crippen LogP contribution in [-0.2, 0) is 14.3 Å². The summed E-state index contributed by atoms with van der Waals surface area (Å²) in [5.74, 6) is -0.347. The van der Waals surface area contributed by atoms with Crippen LogP contribution in [0.2, 0.25) is 0 Å². The summed E-state index contributed by atoms with van der Waals surface area (Å²) < 4.78 is 21.9. The Balaban J connectivity index is 2.16. The molecule has 36 heavy (non-hydrogen) atoms. The minimum atomic E-state index is -0.860. The Morgan fingerprint density at radius 3 is 2.50 bits per heavy atom. The maximum Gasteiger partial charge on any atom is 0.338 e. The number of hydrogen-bond donors (Lipinski definition) is 1. The van der Waals surface area contributed by atoms with Crippen LogP contribution in [0.3, 0.4) is 0 Å². The van der Waals surface area contributed by atoms with Crippen molar-refractivity contribution < 1.29 is 23.7 Å². The summed E-state index contributed by atoms with van der Waals surface area (Å²) in [6, 6.07) is 11.2. The maximum atomic E-state index is 13.2. The fraction of sp³-hybridized carbons (Fsp3) is 0.308. The SMILES string of the molecule is CCOC(=O)C1=C(CSc2nc(C)cc(C)c2C#N)OC(N)=C(C#N)[C@@H]1c1ccc(OC)c(OC)c1. The van der Waals surface area contributed by atoms with Crippen LogP contribution in [-0.4, -0.2) is 37.5 Å². The van der Waals surface area contributed by atoms with Gasteiger partial charge in [-0.3, -0.25) is 0 Å². The van der Waals surface area contributed by atoms with Crippen molar-refractivity contribution in [1.82, 2.24) is 4.98 Å². The zero-order valence-electron chi connectivity index (χ0n) is 20.7. The smallest absolute Gasteiger partial charge is 0.338 e. The molecule has 1 aliphatic heterocycles. The first-order valence-corrected chi connectivity index (χ1v) is 12.0.